The molecule has 1 aromatic heterocycles. The predicted octanol–water partition coefficient (Wildman–Crippen LogP) is 2.59. The van der Waals surface area contributed by atoms with Crippen molar-refractivity contribution < 1.29 is 19.0 Å². The molecular weight excluding hydrogens is 466 g/mol. The molecule has 0 spiro atoms. The van der Waals surface area contributed by atoms with E-state index in [1.54, 1.807) is 24.5 Å². The highest BCUT2D eigenvalue weighted by Crippen LogP contribution is 2.38. The quantitative estimate of drug-likeness (QED) is 0.511. The Morgan fingerprint density at radius 3 is 2.66 bits per heavy atom. The summed E-state index contributed by atoms with van der Waals surface area (Å²) >= 11 is 1.30. The monoisotopic (exact) mass is 491 g/mol. The predicted molar refractivity (Wildman–Crippen MR) is 134 cm³/mol. The molecule has 0 fully saturated rings. The van der Waals surface area contributed by atoms with Crippen molar-refractivity contribution in [3.8, 4) is 11.5 Å². The fourth-order valence-electron chi connectivity index (χ4n) is 4.21. The Labute approximate surface area is 206 Å². The number of aromatic nitrogens is 1. The maximum atomic E-state index is 13.7. The molecule has 0 saturated carbocycles. The number of anilines is 1. The van der Waals surface area contributed by atoms with E-state index in [0.29, 0.717) is 32.1 Å². The van der Waals surface area contributed by atoms with Crippen molar-refractivity contribution >= 4 is 29.1 Å². The van der Waals surface area contributed by atoms with Crippen LogP contribution in [0.15, 0.2) is 63.5 Å². The minimum absolute atomic E-state index is 0.133. The lowest BCUT2D eigenvalue weighted by Crippen LogP contribution is -2.39. The van der Waals surface area contributed by atoms with Gasteiger partial charge in [-0.15, -0.1) is 0 Å². The minimum atomic E-state index is -0.696. The SMILES string of the molecule is CCOC(=O)C1=C(C)N=c2s/c(=C\c3ccc(N(C)C)cc3)c(=O)n2[C@@H]1c1ccc2c(c1)OCO2. The maximum Gasteiger partial charge on any atom is 0.338 e. The second kappa shape index (κ2) is 9.07. The maximum absolute atomic E-state index is 13.7. The highest BCUT2D eigenvalue weighted by molar-refractivity contribution is 7.07. The lowest BCUT2D eigenvalue weighted by atomic mass is 9.95. The molecular formula is C26H25N3O5S. The summed E-state index contributed by atoms with van der Waals surface area (Å²) in [4.78, 5) is 33.9. The second-order valence-electron chi connectivity index (χ2n) is 8.40. The first-order valence-electron chi connectivity index (χ1n) is 11.2. The first-order valence-corrected chi connectivity index (χ1v) is 12.1. The van der Waals surface area contributed by atoms with Gasteiger partial charge in [-0.2, -0.15) is 0 Å². The Hall–Kier alpha value is -3.85. The van der Waals surface area contributed by atoms with Gasteiger partial charge in [0, 0.05) is 19.8 Å². The number of esters is 1. The third kappa shape index (κ3) is 4.12. The number of thiazole rings is 1. The van der Waals surface area contributed by atoms with Crippen LogP contribution in [0, 0.1) is 0 Å². The lowest BCUT2D eigenvalue weighted by Gasteiger charge is -2.24. The molecule has 3 heterocycles. The summed E-state index contributed by atoms with van der Waals surface area (Å²) < 4.78 is 18.5. The number of allylic oxidation sites excluding steroid dienone is 1. The Kier molecular flexibility index (Phi) is 5.94. The van der Waals surface area contributed by atoms with Gasteiger partial charge in [0.1, 0.15) is 0 Å². The van der Waals surface area contributed by atoms with Crippen molar-refractivity contribution in [2.45, 2.75) is 19.9 Å². The van der Waals surface area contributed by atoms with Crippen LogP contribution >= 0.6 is 11.3 Å². The van der Waals surface area contributed by atoms with Gasteiger partial charge < -0.3 is 19.1 Å². The molecule has 2 aliphatic rings. The molecule has 0 unspecified atom stereocenters. The average Bonchev–Trinajstić information content (AvgIpc) is 3.42. The van der Waals surface area contributed by atoms with Gasteiger partial charge in [-0.25, -0.2) is 9.79 Å². The third-order valence-corrected chi connectivity index (χ3v) is 6.92. The summed E-state index contributed by atoms with van der Waals surface area (Å²) in [5.41, 5.74) is 3.33. The molecule has 1 atom stereocenters. The molecule has 0 aliphatic carbocycles. The van der Waals surface area contributed by atoms with Crippen molar-refractivity contribution in [3.63, 3.8) is 0 Å². The zero-order valence-corrected chi connectivity index (χ0v) is 20.7. The Bertz CT molecular complexity index is 1520. The van der Waals surface area contributed by atoms with E-state index in [-0.39, 0.29) is 19.0 Å². The molecule has 180 valence electrons. The van der Waals surface area contributed by atoms with Gasteiger partial charge in [-0.05, 0) is 55.3 Å². The van der Waals surface area contributed by atoms with Crippen molar-refractivity contribution in [1.82, 2.24) is 4.57 Å². The summed E-state index contributed by atoms with van der Waals surface area (Å²) in [7, 11) is 3.96. The number of rotatable bonds is 5. The molecule has 0 saturated heterocycles. The molecule has 0 bridgehead atoms. The van der Waals surface area contributed by atoms with Gasteiger partial charge in [-0.1, -0.05) is 29.5 Å². The normalized spacial score (nSPS) is 16.7. The molecule has 35 heavy (non-hydrogen) atoms. The molecule has 3 aromatic rings. The summed E-state index contributed by atoms with van der Waals surface area (Å²) in [6, 6.07) is 12.7. The van der Waals surface area contributed by atoms with E-state index in [2.05, 4.69) is 4.99 Å². The van der Waals surface area contributed by atoms with E-state index >= 15 is 0 Å². The number of carbonyl (C=O) groups is 1. The summed E-state index contributed by atoms with van der Waals surface area (Å²) in [5.74, 6) is 0.703. The Morgan fingerprint density at radius 1 is 1.20 bits per heavy atom. The minimum Gasteiger partial charge on any atom is -0.463 e. The molecule has 0 N–H and O–H groups in total. The zero-order chi connectivity index (χ0) is 24.7. The van der Waals surface area contributed by atoms with Crippen molar-refractivity contribution in [1.29, 1.82) is 0 Å². The second-order valence-corrected chi connectivity index (χ2v) is 9.41. The first-order chi connectivity index (χ1) is 16.9. The van der Waals surface area contributed by atoms with Crippen LogP contribution in [0.4, 0.5) is 5.69 Å². The molecule has 0 radical (unpaired) electrons. The number of hydrogen-bond donors (Lipinski definition) is 0. The summed E-state index contributed by atoms with van der Waals surface area (Å²) in [6.07, 6.45) is 1.85. The largest absolute Gasteiger partial charge is 0.463 e. The van der Waals surface area contributed by atoms with Crippen LogP contribution in [0.1, 0.15) is 31.0 Å². The fraction of sp³-hybridized carbons (Fsp3) is 0.269. The zero-order valence-electron chi connectivity index (χ0n) is 19.9. The molecule has 9 heteroatoms. The number of fused-ring (bicyclic) bond motifs is 2. The van der Waals surface area contributed by atoms with Crippen LogP contribution in [-0.4, -0.2) is 38.0 Å². The number of hydrogen-bond acceptors (Lipinski definition) is 8. The van der Waals surface area contributed by atoms with Crippen LogP contribution in [0.5, 0.6) is 11.5 Å². The first kappa shape index (κ1) is 22.9. The summed E-state index contributed by atoms with van der Waals surface area (Å²) in [5, 5.41) is 0. The van der Waals surface area contributed by atoms with E-state index in [1.165, 1.54) is 11.3 Å². The van der Waals surface area contributed by atoms with E-state index in [1.807, 2.05) is 61.5 Å². The number of benzene rings is 2. The van der Waals surface area contributed by atoms with Gasteiger partial charge in [0.25, 0.3) is 5.56 Å². The van der Waals surface area contributed by atoms with Crippen LogP contribution in [0.25, 0.3) is 6.08 Å². The molecule has 2 aromatic carbocycles. The standard InChI is InChI=1S/C26H25N3O5S/c1-5-32-25(31)22-15(2)27-26-29(23(22)17-8-11-19-20(13-17)34-14-33-19)24(30)21(35-26)12-16-6-9-18(10-7-16)28(3)4/h6-13,23H,5,14H2,1-4H3/b21-12-/t23-/m1/s1. The lowest BCUT2D eigenvalue weighted by molar-refractivity contribution is -0.139. The van der Waals surface area contributed by atoms with Gasteiger partial charge in [0.15, 0.2) is 16.3 Å². The van der Waals surface area contributed by atoms with Gasteiger partial charge >= 0.3 is 5.97 Å². The number of ether oxygens (including phenoxy) is 3. The number of nitrogens with zero attached hydrogens (tertiary/aromatic N) is 3. The Balaban J connectivity index is 1.68. The highest BCUT2D eigenvalue weighted by Gasteiger charge is 2.34. The van der Waals surface area contributed by atoms with Crippen LogP contribution in [0.2, 0.25) is 0 Å². The smallest absolute Gasteiger partial charge is 0.338 e. The van der Waals surface area contributed by atoms with Crippen molar-refractivity contribution in [2.24, 2.45) is 4.99 Å². The average molecular weight is 492 g/mol. The summed E-state index contributed by atoms with van der Waals surface area (Å²) in [6.45, 7) is 3.87. The molecule has 5 rings (SSSR count). The van der Waals surface area contributed by atoms with E-state index < -0.39 is 12.0 Å². The van der Waals surface area contributed by atoms with Gasteiger partial charge in [0.05, 0.1) is 28.5 Å². The number of carbonyl (C=O) groups excluding carboxylic acids is 1. The van der Waals surface area contributed by atoms with Crippen molar-refractivity contribution in [3.05, 3.63) is 84.5 Å². The molecule has 0 amide bonds. The van der Waals surface area contributed by atoms with Crippen LogP contribution < -0.4 is 29.3 Å². The van der Waals surface area contributed by atoms with Gasteiger partial charge in [-0.3, -0.25) is 9.36 Å². The highest BCUT2D eigenvalue weighted by atomic mass is 32.1. The van der Waals surface area contributed by atoms with E-state index in [9.17, 15) is 9.59 Å². The van der Waals surface area contributed by atoms with Gasteiger partial charge in [0.2, 0.25) is 6.79 Å². The Morgan fingerprint density at radius 2 is 1.94 bits per heavy atom. The molecule has 2 aliphatic heterocycles. The van der Waals surface area contributed by atoms with Crippen LogP contribution in [0.3, 0.4) is 0 Å². The van der Waals surface area contributed by atoms with Crippen LogP contribution in [-0.2, 0) is 9.53 Å². The topological polar surface area (TPSA) is 82.4 Å². The molecule has 8 nitrogen and oxygen atoms in total. The van der Waals surface area contributed by atoms with E-state index in [4.69, 9.17) is 14.2 Å². The fourth-order valence-corrected chi connectivity index (χ4v) is 5.26. The van der Waals surface area contributed by atoms with E-state index in [0.717, 1.165) is 16.8 Å². The third-order valence-electron chi connectivity index (χ3n) is 5.94. The van der Waals surface area contributed by atoms with Crippen molar-refractivity contribution in [2.75, 3.05) is 32.4 Å².